The van der Waals surface area contributed by atoms with E-state index in [1.807, 2.05) is 6.07 Å². The summed E-state index contributed by atoms with van der Waals surface area (Å²) in [6, 6.07) is 6.30. The maximum atomic E-state index is 5.22. The molecule has 1 atom stereocenters. The van der Waals surface area contributed by atoms with Crippen LogP contribution in [0.25, 0.3) is 11.1 Å². The predicted molar refractivity (Wildman–Crippen MR) is 61.9 cm³/mol. The molecule has 0 spiro atoms. The van der Waals surface area contributed by atoms with Gasteiger partial charge in [0, 0.05) is 0 Å². The Morgan fingerprint density at radius 1 is 1.40 bits per heavy atom. The van der Waals surface area contributed by atoms with Crippen LogP contribution in [0.3, 0.4) is 0 Å². The van der Waals surface area contributed by atoms with Crippen LogP contribution < -0.4 is 0 Å². The number of unbranched alkanes of at least 4 members (excludes halogenated alkanes) is 1. The molecule has 0 fully saturated rings. The van der Waals surface area contributed by atoms with E-state index in [9.17, 15) is 0 Å². The van der Waals surface area contributed by atoms with Crippen LogP contribution in [0.2, 0.25) is 0 Å². The first-order chi connectivity index (χ1) is 7.31. The minimum absolute atomic E-state index is 0.617. The van der Waals surface area contributed by atoms with Crippen LogP contribution in [0.15, 0.2) is 29.0 Å². The van der Waals surface area contributed by atoms with Gasteiger partial charge in [-0.05, 0) is 30.0 Å². The first kappa shape index (κ1) is 10.2. The molecule has 0 N–H and O–H groups in total. The summed E-state index contributed by atoms with van der Waals surface area (Å²) in [4.78, 5) is 4.18. The topological polar surface area (TPSA) is 26.0 Å². The molecule has 1 aromatic heterocycles. The van der Waals surface area contributed by atoms with Crippen molar-refractivity contribution in [3.05, 3.63) is 30.2 Å². The summed E-state index contributed by atoms with van der Waals surface area (Å²) in [7, 11) is 0. The fraction of sp³-hybridized carbons (Fsp3) is 0.462. The van der Waals surface area contributed by atoms with E-state index in [-0.39, 0.29) is 0 Å². The Hall–Kier alpha value is -1.31. The zero-order valence-corrected chi connectivity index (χ0v) is 9.36. The van der Waals surface area contributed by atoms with Crippen molar-refractivity contribution in [2.75, 3.05) is 0 Å². The number of rotatable bonds is 4. The van der Waals surface area contributed by atoms with E-state index in [4.69, 9.17) is 4.42 Å². The Balaban J connectivity index is 2.19. The number of aromatic nitrogens is 1. The molecule has 0 aliphatic heterocycles. The van der Waals surface area contributed by atoms with Gasteiger partial charge in [0.05, 0.1) is 0 Å². The molecule has 2 nitrogen and oxygen atoms in total. The zero-order valence-electron chi connectivity index (χ0n) is 9.36. The van der Waals surface area contributed by atoms with Gasteiger partial charge in [-0.1, -0.05) is 32.8 Å². The minimum Gasteiger partial charge on any atom is -0.443 e. The van der Waals surface area contributed by atoms with Gasteiger partial charge in [0.15, 0.2) is 12.0 Å². The molecule has 0 saturated carbocycles. The minimum atomic E-state index is 0.617. The molecule has 1 aromatic carbocycles. The van der Waals surface area contributed by atoms with Gasteiger partial charge in [-0.2, -0.15) is 0 Å². The van der Waals surface area contributed by atoms with E-state index in [0.29, 0.717) is 5.92 Å². The number of nitrogens with zero attached hydrogens (tertiary/aromatic N) is 1. The second-order valence-corrected chi connectivity index (χ2v) is 4.12. The van der Waals surface area contributed by atoms with Crippen molar-refractivity contribution in [1.29, 1.82) is 0 Å². The molecule has 2 heteroatoms. The van der Waals surface area contributed by atoms with Crippen LogP contribution in [-0.4, -0.2) is 4.98 Å². The van der Waals surface area contributed by atoms with Gasteiger partial charge < -0.3 is 4.42 Å². The third-order valence-corrected chi connectivity index (χ3v) is 2.91. The molecule has 2 aromatic rings. The quantitative estimate of drug-likeness (QED) is 0.747. The summed E-state index contributed by atoms with van der Waals surface area (Å²) in [6.07, 6.45) is 5.31. The highest BCUT2D eigenvalue weighted by molar-refractivity contribution is 5.72. The van der Waals surface area contributed by atoms with Gasteiger partial charge in [-0.3, -0.25) is 0 Å². The maximum absolute atomic E-state index is 5.22. The Morgan fingerprint density at radius 3 is 3.07 bits per heavy atom. The first-order valence-corrected chi connectivity index (χ1v) is 5.64. The van der Waals surface area contributed by atoms with Crippen molar-refractivity contribution in [2.24, 2.45) is 0 Å². The highest BCUT2D eigenvalue weighted by Gasteiger charge is 2.07. The summed E-state index contributed by atoms with van der Waals surface area (Å²) in [5.41, 5.74) is 3.21. The van der Waals surface area contributed by atoms with E-state index in [1.54, 1.807) is 0 Å². The van der Waals surface area contributed by atoms with E-state index >= 15 is 0 Å². The average molecular weight is 203 g/mol. The average Bonchev–Trinajstić information content (AvgIpc) is 2.72. The van der Waals surface area contributed by atoms with Crippen molar-refractivity contribution < 1.29 is 4.42 Å². The van der Waals surface area contributed by atoms with Crippen LogP contribution in [0.4, 0.5) is 0 Å². The van der Waals surface area contributed by atoms with E-state index < -0.39 is 0 Å². The van der Waals surface area contributed by atoms with Gasteiger partial charge in [-0.25, -0.2) is 4.98 Å². The molecule has 0 saturated heterocycles. The molecule has 1 heterocycles. The van der Waals surface area contributed by atoms with Crippen LogP contribution in [0, 0.1) is 0 Å². The molecule has 0 radical (unpaired) electrons. The van der Waals surface area contributed by atoms with Crippen molar-refractivity contribution >= 4 is 11.1 Å². The number of hydrogen-bond acceptors (Lipinski definition) is 2. The lowest BCUT2D eigenvalue weighted by Crippen LogP contribution is -1.93. The van der Waals surface area contributed by atoms with Crippen molar-refractivity contribution in [2.45, 2.75) is 39.0 Å². The summed E-state index contributed by atoms with van der Waals surface area (Å²) >= 11 is 0. The predicted octanol–water partition coefficient (Wildman–Crippen LogP) is 4.12. The van der Waals surface area contributed by atoms with Crippen LogP contribution >= 0.6 is 0 Å². The van der Waals surface area contributed by atoms with Crippen molar-refractivity contribution in [1.82, 2.24) is 4.98 Å². The normalized spacial score (nSPS) is 13.2. The highest BCUT2D eigenvalue weighted by atomic mass is 16.3. The molecule has 15 heavy (non-hydrogen) atoms. The molecule has 2 rings (SSSR count). The summed E-state index contributed by atoms with van der Waals surface area (Å²) in [5, 5.41) is 0. The lowest BCUT2D eigenvalue weighted by molar-refractivity contribution is 0.601. The molecule has 80 valence electrons. The Kier molecular flexibility index (Phi) is 3.05. The number of oxazole rings is 1. The van der Waals surface area contributed by atoms with Crippen LogP contribution in [0.5, 0.6) is 0 Å². The highest BCUT2D eigenvalue weighted by Crippen LogP contribution is 2.24. The second kappa shape index (κ2) is 4.47. The number of hydrogen-bond donors (Lipinski definition) is 0. The van der Waals surface area contributed by atoms with Gasteiger partial charge >= 0.3 is 0 Å². The maximum Gasteiger partial charge on any atom is 0.181 e. The molecule has 0 aliphatic rings. The van der Waals surface area contributed by atoms with Crippen LogP contribution in [-0.2, 0) is 0 Å². The van der Waals surface area contributed by atoms with Gasteiger partial charge in [0.2, 0.25) is 0 Å². The van der Waals surface area contributed by atoms with Crippen LogP contribution in [0.1, 0.15) is 44.6 Å². The Labute approximate surface area is 90.3 Å². The summed E-state index contributed by atoms with van der Waals surface area (Å²) in [6.45, 7) is 4.50. The molecule has 0 amide bonds. The third-order valence-electron chi connectivity index (χ3n) is 2.91. The molecule has 1 unspecified atom stereocenters. The van der Waals surface area contributed by atoms with Crippen molar-refractivity contribution in [3.63, 3.8) is 0 Å². The van der Waals surface area contributed by atoms with Crippen molar-refractivity contribution in [3.8, 4) is 0 Å². The third kappa shape index (κ3) is 2.20. The monoisotopic (exact) mass is 203 g/mol. The lowest BCUT2D eigenvalue weighted by atomic mass is 9.95. The number of fused-ring (bicyclic) bond motifs is 1. The molecule has 0 aliphatic carbocycles. The van der Waals surface area contributed by atoms with Gasteiger partial charge in [0.25, 0.3) is 0 Å². The van der Waals surface area contributed by atoms with E-state index in [0.717, 1.165) is 11.1 Å². The molecular weight excluding hydrogens is 186 g/mol. The first-order valence-electron chi connectivity index (χ1n) is 5.64. The van der Waals surface area contributed by atoms with Gasteiger partial charge in [-0.15, -0.1) is 0 Å². The van der Waals surface area contributed by atoms with E-state index in [1.165, 1.54) is 31.2 Å². The summed E-state index contributed by atoms with van der Waals surface area (Å²) < 4.78 is 5.22. The van der Waals surface area contributed by atoms with E-state index in [2.05, 4.69) is 31.0 Å². The fourth-order valence-corrected chi connectivity index (χ4v) is 1.86. The standard InChI is InChI=1S/C13H17NO/c1-3-4-5-10(2)11-6-7-13-12(8-11)14-9-15-13/h6-10H,3-5H2,1-2H3. The second-order valence-electron chi connectivity index (χ2n) is 4.12. The zero-order chi connectivity index (χ0) is 10.7. The smallest absolute Gasteiger partial charge is 0.181 e. The number of benzene rings is 1. The Bertz CT molecular complexity index is 433. The largest absolute Gasteiger partial charge is 0.443 e. The SMILES string of the molecule is CCCCC(C)c1ccc2ocnc2c1. The lowest BCUT2D eigenvalue weighted by Gasteiger charge is -2.10. The molecular formula is C13H17NO. The summed E-state index contributed by atoms with van der Waals surface area (Å²) in [5.74, 6) is 0.617. The fourth-order valence-electron chi connectivity index (χ4n) is 1.86. The van der Waals surface area contributed by atoms with Gasteiger partial charge in [0.1, 0.15) is 5.52 Å². The Morgan fingerprint density at radius 2 is 2.27 bits per heavy atom. The molecule has 0 bridgehead atoms.